The fraction of sp³-hybridized carbons (Fsp3) is 0.647. The molecule has 0 amide bonds. The van der Waals surface area contributed by atoms with Crippen LogP contribution >= 0.6 is 0 Å². The van der Waals surface area contributed by atoms with E-state index in [-0.39, 0.29) is 5.41 Å². The first kappa shape index (κ1) is 17.0. The van der Waals surface area contributed by atoms with Gasteiger partial charge in [-0.05, 0) is 43.4 Å². The third-order valence-electron chi connectivity index (χ3n) is 3.12. The molecule has 1 N–H and O–H groups in total. The van der Waals surface area contributed by atoms with Gasteiger partial charge >= 0.3 is 0 Å². The lowest BCUT2D eigenvalue weighted by molar-refractivity contribution is 0.0942. The SMILES string of the molecule is CCOc1ccc(C(C)O)cc1COCCC(C)(C)C. The Bertz CT molecular complexity index is 405. The molecule has 0 aromatic heterocycles. The largest absolute Gasteiger partial charge is 0.494 e. The zero-order valence-electron chi connectivity index (χ0n) is 13.4. The van der Waals surface area contributed by atoms with Crippen molar-refractivity contribution in [3.05, 3.63) is 29.3 Å². The first-order valence-electron chi connectivity index (χ1n) is 7.35. The van der Waals surface area contributed by atoms with Crippen molar-refractivity contribution in [1.29, 1.82) is 0 Å². The molecule has 0 fully saturated rings. The van der Waals surface area contributed by atoms with E-state index in [2.05, 4.69) is 20.8 Å². The van der Waals surface area contributed by atoms with Gasteiger partial charge in [0.05, 0.1) is 19.3 Å². The fourth-order valence-electron chi connectivity index (χ4n) is 1.83. The van der Waals surface area contributed by atoms with Crippen molar-refractivity contribution in [3.63, 3.8) is 0 Å². The molecule has 0 bridgehead atoms. The van der Waals surface area contributed by atoms with E-state index in [0.29, 0.717) is 13.2 Å². The van der Waals surface area contributed by atoms with E-state index in [9.17, 15) is 5.11 Å². The highest BCUT2D eigenvalue weighted by Gasteiger charge is 2.11. The molecule has 0 saturated heterocycles. The Hall–Kier alpha value is -1.06. The van der Waals surface area contributed by atoms with Crippen molar-refractivity contribution < 1.29 is 14.6 Å². The molecule has 1 rings (SSSR count). The molecule has 0 aliphatic heterocycles. The maximum Gasteiger partial charge on any atom is 0.124 e. The Morgan fingerprint density at radius 1 is 1.25 bits per heavy atom. The Morgan fingerprint density at radius 3 is 2.50 bits per heavy atom. The Labute approximate surface area is 122 Å². The summed E-state index contributed by atoms with van der Waals surface area (Å²) in [5.74, 6) is 0.840. The molecule has 3 heteroatoms. The number of benzene rings is 1. The van der Waals surface area contributed by atoms with Gasteiger partial charge in [0.2, 0.25) is 0 Å². The Morgan fingerprint density at radius 2 is 1.95 bits per heavy atom. The summed E-state index contributed by atoms with van der Waals surface area (Å²) in [6.07, 6.45) is 0.548. The topological polar surface area (TPSA) is 38.7 Å². The molecule has 20 heavy (non-hydrogen) atoms. The molecule has 0 aliphatic carbocycles. The van der Waals surface area contributed by atoms with Crippen molar-refractivity contribution >= 4 is 0 Å². The van der Waals surface area contributed by atoms with Crippen LogP contribution in [0.1, 0.15) is 58.3 Å². The predicted octanol–water partition coefficient (Wildman–Crippen LogP) is 4.09. The van der Waals surface area contributed by atoms with Crippen LogP contribution in [0.25, 0.3) is 0 Å². The number of aliphatic hydroxyl groups excluding tert-OH is 1. The van der Waals surface area contributed by atoms with E-state index in [4.69, 9.17) is 9.47 Å². The van der Waals surface area contributed by atoms with Gasteiger partial charge in [-0.2, -0.15) is 0 Å². The maximum atomic E-state index is 9.67. The molecule has 3 nitrogen and oxygen atoms in total. The summed E-state index contributed by atoms with van der Waals surface area (Å²) in [6.45, 7) is 12.2. The lowest BCUT2D eigenvalue weighted by atomic mass is 9.93. The summed E-state index contributed by atoms with van der Waals surface area (Å²) >= 11 is 0. The van der Waals surface area contributed by atoms with Crippen LogP contribution in [0.5, 0.6) is 5.75 Å². The Kier molecular flexibility index (Phi) is 6.50. The van der Waals surface area contributed by atoms with Crippen molar-refractivity contribution in [2.45, 2.75) is 53.8 Å². The molecule has 1 unspecified atom stereocenters. The van der Waals surface area contributed by atoms with Gasteiger partial charge in [-0.15, -0.1) is 0 Å². The van der Waals surface area contributed by atoms with Gasteiger partial charge in [-0.1, -0.05) is 26.8 Å². The van der Waals surface area contributed by atoms with Gasteiger partial charge in [-0.25, -0.2) is 0 Å². The molecule has 0 radical (unpaired) electrons. The van der Waals surface area contributed by atoms with Crippen molar-refractivity contribution in [2.75, 3.05) is 13.2 Å². The number of rotatable bonds is 7. The second kappa shape index (κ2) is 7.65. The lowest BCUT2D eigenvalue weighted by Gasteiger charge is -2.18. The normalized spacial score (nSPS) is 13.3. The molecule has 0 heterocycles. The lowest BCUT2D eigenvalue weighted by Crippen LogP contribution is -2.10. The van der Waals surface area contributed by atoms with E-state index in [1.807, 2.05) is 25.1 Å². The summed E-state index contributed by atoms with van der Waals surface area (Å²) in [5.41, 5.74) is 2.17. The van der Waals surface area contributed by atoms with Crippen LogP contribution in [-0.4, -0.2) is 18.3 Å². The smallest absolute Gasteiger partial charge is 0.124 e. The van der Waals surface area contributed by atoms with Crippen LogP contribution in [0.15, 0.2) is 18.2 Å². The van der Waals surface area contributed by atoms with Gasteiger partial charge in [0, 0.05) is 12.2 Å². The Balaban J connectivity index is 2.67. The zero-order chi connectivity index (χ0) is 15.2. The first-order chi connectivity index (χ1) is 9.33. The van der Waals surface area contributed by atoms with Crippen LogP contribution < -0.4 is 4.74 Å². The van der Waals surface area contributed by atoms with Crippen LogP contribution in [-0.2, 0) is 11.3 Å². The quantitative estimate of drug-likeness (QED) is 0.764. The highest BCUT2D eigenvalue weighted by molar-refractivity contribution is 5.37. The second-order valence-electron chi connectivity index (χ2n) is 6.34. The van der Waals surface area contributed by atoms with Crippen LogP contribution in [0.2, 0.25) is 0 Å². The first-order valence-corrected chi connectivity index (χ1v) is 7.35. The van der Waals surface area contributed by atoms with Gasteiger partial charge in [-0.3, -0.25) is 0 Å². The third-order valence-corrected chi connectivity index (χ3v) is 3.12. The predicted molar refractivity (Wildman–Crippen MR) is 82.0 cm³/mol. The van der Waals surface area contributed by atoms with Gasteiger partial charge in [0.1, 0.15) is 5.75 Å². The van der Waals surface area contributed by atoms with Crippen molar-refractivity contribution in [1.82, 2.24) is 0 Å². The number of aliphatic hydroxyl groups is 1. The summed E-state index contributed by atoms with van der Waals surface area (Å²) < 4.78 is 11.4. The molecule has 1 atom stereocenters. The monoisotopic (exact) mass is 280 g/mol. The van der Waals surface area contributed by atoms with Crippen LogP contribution in [0.3, 0.4) is 0 Å². The molecule has 114 valence electrons. The zero-order valence-corrected chi connectivity index (χ0v) is 13.4. The molecule has 0 saturated carbocycles. The van der Waals surface area contributed by atoms with E-state index in [1.54, 1.807) is 6.92 Å². The highest BCUT2D eigenvalue weighted by atomic mass is 16.5. The average molecular weight is 280 g/mol. The minimum Gasteiger partial charge on any atom is -0.494 e. The standard InChI is InChI=1S/C17H28O3/c1-6-20-16-8-7-14(13(2)18)11-15(16)12-19-10-9-17(3,4)5/h7-8,11,13,18H,6,9-10,12H2,1-5H3. The van der Waals surface area contributed by atoms with E-state index in [1.165, 1.54) is 0 Å². The van der Waals surface area contributed by atoms with Gasteiger partial charge in [0.15, 0.2) is 0 Å². The van der Waals surface area contributed by atoms with E-state index in [0.717, 1.165) is 29.9 Å². The summed E-state index contributed by atoms with van der Waals surface area (Å²) in [5, 5.41) is 9.67. The summed E-state index contributed by atoms with van der Waals surface area (Å²) in [4.78, 5) is 0. The van der Waals surface area contributed by atoms with Crippen LogP contribution in [0.4, 0.5) is 0 Å². The molecule has 0 aliphatic rings. The summed E-state index contributed by atoms with van der Waals surface area (Å²) in [7, 11) is 0. The van der Waals surface area contributed by atoms with E-state index >= 15 is 0 Å². The molecule has 0 spiro atoms. The highest BCUT2D eigenvalue weighted by Crippen LogP contribution is 2.25. The van der Waals surface area contributed by atoms with Gasteiger partial charge < -0.3 is 14.6 Å². The number of hydrogen-bond acceptors (Lipinski definition) is 3. The van der Waals surface area contributed by atoms with E-state index < -0.39 is 6.10 Å². The van der Waals surface area contributed by atoms with Crippen molar-refractivity contribution in [3.8, 4) is 5.75 Å². The molecule has 1 aromatic carbocycles. The fourth-order valence-corrected chi connectivity index (χ4v) is 1.83. The number of hydrogen-bond donors (Lipinski definition) is 1. The summed E-state index contributed by atoms with van der Waals surface area (Å²) in [6, 6.07) is 5.77. The maximum absolute atomic E-state index is 9.67. The van der Waals surface area contributed by atoms with Crippen molar-refractivity contribution in [2.24, 2.45) is 5.41 Å². The minimum atomic E-state index is -0.473. The number of ether oxygens (including phenoxy) is 2. The van der Waals surface area contributed by atoms with Gasteiger partial charge in [0.25, 0.3) is 0 Å². The molecular weight excluding hydrogens is 252 g/mol. The minimum absolute atomic E-state index is 0.282. The van der Waals surface area contributed by atoms with Crippen LogP contribution in [0, 0.1) is 5.41 Å². The molecular formula is C17H28O3. The average Bonchev–Trinajstić information content (AvgIpc) is 2.35. The third kappa shape index (κ3) is 5.93. The second-order valence-corrected chi connectivity index (χ2v) is 6.34. The molecule has 1 aromatic rings.